The molecule has 2 rings (SSSR count). The van der Waals surface area contributed by atoms with Gasteiger partial charge in [-0.1, -0.05) is 6.42 Å². The molecule has 18 heavy (non-hydrogen) atoms. The molecule has 100 valence electrons. The highest BCUT2D eigenvalue weighted by molar-refractivity contribution is 5.34. The van der Waals surface area contributed by atoms with Crippen LogP contribution in [0.1, 0.15) is 32.6 Å². The summed E-state index contributed by atoms with van der Waals surface area (Å²) in [6.45, 7) is 5.62. The molecule has 5 nitrogen and oxygen atoms in total. The molecule has 1 aliphatic heterocycles. The Morgan fingerprint density at radius 2 is 2.39 bits per heavy atom. The van der Waals surface area contributed by atoms with Crippen LogP contribution in [0.15, 0.2) is 12.3 Å². The van der Waals surface area contributed by atoms with Crippen molar-refractivity contribution < 1.29 is 0 Å². The number of hydrogen-bond acceptors (Lipinski definition) is 5. The van der Waals surface area contributed by atoms with Crippen molar-refractivity contribution in [3.05, 3.63) is 12.3 Å². The van der Waals surface area contributed by atoms with Crippen LogP contribution in [0.4, 0.5) is 11.8 Å². The number of piperidine rings is 1. The monoisotopic (exact) mass is 249 g/mol. The van der Waals surface area contributed by atoms with Gasteiger partial charge in [-0.25, -0.2) is 4.98 Å². The number of hydrogen-bond donors (Lipinski definition) is 2. The molecule has 0 bridgehead atoms. The van der Waals surface area contributed by atoms with Crippen molar-refractivity contribution in [3.8, 4) is 0 Å². The third-order valence-corrected chi connectivity index (χ3v) is 3.52. The third-order valence-electron chi connectivity index (χ3n) is 3.52. The zero-order valence-electron chi connectivity index (χ0n) is 11.1. The number of nitrogen functional groups attached to an aromatic ring is 1. The van der Waals surface area contributed by atoms with Crippen LogP contribution in [0.3, 0.4) is 0 Å². The fourth-order valence-corrected chi connectivity index (χ4v) is 2.43. The van der Waals surface area contributed by atoms with E-state index in [1.165, 1.54) is 25.8 Å². The first kappa shape index (κ1) is 13.1. The second kappa shape index (κ2) is 6.54. The van der Waals surface area contributed by atoms with Crippen molar-refractivity contribution in [1.29, 1.82) is 0 Å². The van der Waals surface area contributed by atoms with Gasteiger partial charge in [-0.15, -0.1) is 0 Å². The Morgan fingerprint density at radius 1 is 1.50 bits per heavy atom. The van der Waals surface area contributed by atoms with Crippen molar-refractivity contribution in [3.63, 3.8) is 0 Å². The molecule has 1 aromatic rings. The Balaban J connectivity index is 1.66. The van der Waals surface area contributed by atoms with Crippen LogP contribution in [0.2, 0.25) is 0 Å². The van der Waals surface area contributed by atoms with E-state index in [0.717, 1.165) is 25.6 Å². The summed E-state index contributed by atoms with van der Waals surface area (Å²) in [5, 5.41) is 3.21. The molecule has 1 unspecified atom stereocenters. The lowest BCUT2D eigenvalue weighted by atomic mass is 10.0. The highest BCUT2D eigenvalue weighted by atomic mass is 15.2. The number of nitrogens with zero attached hydrogens (tertiary/aromatic N) is 3. The Kier molecular flexibility index (Phi) is 4.75. The van der Waals surface area contributed by atoms with Crippen LogP contribution >= 0.6 is 0 Å². The van der Waals surface area contributed by atoms with Crippen LogP contribution in [0.5, 0.6) is 0 Å². The summed E-state index contributed by atoms with van der Waals surface area (Å²) in [7, 11) is 0. The molecule has 0 aliphatic carbocycles. The van der Waals surface area contributed by atoms with Gasteiger partial charge in [0.2, 0.25) is 5.95 Å². The second-order valence-electron chi connectivity index (χ2n) is 4.97. The molecule has 3 N–H and O–H groups in total. The van der Waals surface area contributed by atoms with Gasteiger partial charge < -0.3 is 16.0 Å². The molecule has 5 heteroatoms. The van der Waals surface area contributed by atoms with Gasteiger partial charge in [-0.3, -0.25) is 0 Å². The van der Waals surface area contributed by atoms with Gasteiger partial charge in [0.15, 0.2) is 0 Å². The fraction of sp³-hybridized carbons (Fsp3) is 0.692. The van der Waals surface area contributed by atoms with Crippen LogP contribution in [-0.2, 0) is 0 Å². The minimum atomic E-state index is 0.511. The second-order valence-corrected chi connectivity index (χ2v) is 4.97. The topological polar surface area (TPSA) is 67.1 Å². The summed E-state index contributed by atoms with van der Waals surface area (Å²) < 4.78 is 0. The molecule has 1 aromatic heterocycles. The summed E-state index contributed by atoms with van der Waals surface area (Å²) in [6, 6.07) is 2.43. The quantitative estimate of drug-likeness (QED) is 0.778. The molecular formula is C13H23N5. The van der Waals surface area contributed by atoms with E-state index in [-0.39, 0.29) is 0 Å². The molecular weight excluding hydrogens is 226 g/mol. The maximum Gasteiger partial charge on any atom is 0.224 e. The molecule has 1 aliphatic rings. The third kappa shape index (κ3) is 3.84. The van der Waals surface area contributed by atoms with E-state index in [0.29, 0.717) is 11.8 Å². The predicted molar refractivity (Wildman–Crippen MR) is 74.4 cm³/mol. The lowest BCUT2D eigenvalue weighted by Gasteiger charge is -2.33. The number of rotatable bonds is 5. The molecule has 2 heterocycles. The van der Waals surface area contributed by atoms with E-state index < -0.39 is 0 Å². The standard InChI is InChI=1S/C13H23N5/c1-11-5-2-3-9-18(11)10-4-7-15-13-16-8-6-12(14)17-13/h6,8,11H,2-5,7,9-10H2,1H3,(H3,14,15,16,17). The number of nitrogens with two attached hydrogens (primary N) is 1. The minimum absolute atomic E-state index is 0.511. The number of anilines is 2. The highest BCUT2D eigenvalue weighted by Crippen LogP contribution is 2.16. The van der Waals surface area contributed by atoms with Crippen molar-refractivity contribution in [2.45, 2.75) is 38.6 Å². The largest absolute Gasteiger partial charge is 0.384 e. The maximum absolute atomic E-state index is 5.60. The Morgan fingerprint density at radius 3 is 3.17 bits per heavy atom. The molecule has 1 atom stereocenters. The minimum Gasteiger partial charge on any atom is -0.384 e. The number of aromatic nitrogens is 2. The Labute approximate surface area is 109 Å². The van der Waals surface area contributed by atoms with E-state index in [1.807, 2.05) is 0 Å². The van der Waals surface area contributed by atoms with Gasteiger partial charge in [-0.05, 0) is 38.8 Å². The lowest BCUT2D eigenvalue weighted by molar-refractivity contribution is 0.160. The maximum atomic E-state index is 5.60. The smallest absolute Gasteiger partial charge is 0.224 e. The predicted octanol–water partition coefficient (Wildman–Crippen LogP) is 1.74. The SMILES string of the molecule is CC1CCCCN1CCCNc1nccc(N)n1. The van der Waals surface area contributed by atoms with E-state index in [1.54, 1.807) is 12.3 Å². The number of likely N-dealkylation sites (tertiary alicyclic amines) is 1. The molecule has 0 spiro atoms. The van der Waals surface area contributed by atoms with E-state index in [9.17, 15) is 0 Å². The summed E-state index contributed by atoms with van der Waals surface area (Å²) in [4.78, 5) is 10.8. The van der Waals surface area contributed by atoms with Gasteiger partial charge in [0.25, 0.3) is 0 Å². The summed E-state index contributed by atoms with van der Waals surface area (Å²) in [5.41, 5.74) is 5.60. The molecule has 0 saturated carbocycles. The first-order chi connectivity index (χ1) is 8.75. The van der Waals surface area contributed by atoms with E-state index >= 15 is 0 Å². The van der Waals surface area contributed by atoms with E-state index in [4.69, 9.17) is 5.73 Å². The van der Waals surface area contributed by atoms with E-state index in [2.05, 4.69) is 27.1 Å². The van der Waals surface area contributed by atoms with Crippen LogP contribution < -0.4 is 11.1 Å². The number of nitrogens with one attached hydrogen (secondary N) is 1. The Hall–Kier alpha value is -1.36. The normalized spacial score (nSPS) is 20.8. The molecule has 1 saturated heterocycles. The summed E-state index contributed by atoms with van der Waals surface area (Å²) in [6.07, 6.45) is 6.86. The Bertz CT molecular complexity index is 368. The molecule has 0 radical (unpaired) electrons. The highest BCUT2D eigenvalue weighted by Gasteiger charge is 2.16. The summed E-state index contributed by atoms with van der Waals surface area (Å²) >= 11 is 0. The fourth-order valence-electron chi connectivity index (χ4n) is 2.43. The lowest BCUT2D eigenvalue weighted by Crippen LogP contribution is -2.38. The van der Waals surface area contributed by atoms with Crippen molar-refractivity contribution in [2.75, 3.05) is 30.7 Å². The van der Waals surface area contributed by atoms with Gasteiger partial charge in [0.05, 0.1) is 0 Å². The van der Waals surface area contributed by atoms with Gasteiger partial charge in [0, 0.05) is 25.3 Å². The van der Waals surface area contributed by atoms with Crippen molar-refractivity contribution in [2.24, 2.45) is 0 Å². The first-order valence-electron chi connectivity index (χ1n) is 6.82. The van der Waals surface area contributed by atoms with Gasteiger partial charge >= 0.3 is 0 Å². The average Bonchev–Trinajstić information content (AvgIpc) is 2.37. The molecule has 0 amide bonds. The van der Waals surface area contributed by atoms with Crippen molar-refractivity contribution in [1.82, 2.24) is 14.9 Å². The van der Waals surface area contributed by atoms with Crippen LogP contribution in [0.25, 0.3) is 0 Å². The molecule has 1 fully saturated rings. The molecule has 0 aromatic carbocycles. The average molecular weight is 249 g/mol. The van der Waals surface area contributed by atoms with Crippen molar-refractivity contribution >= 4 is 11.8 Å². The zero-order chi connectivity index (χ0) is 12.8. The summed E-state index contributed by atoms with van der Waals surface area (Å²) in [5.74, 6) is 1.14. The van der Waals surface area contributed by atoms with Crippen LogP contribution in [-0.4, -0.2) is 40.5 Å². The van der Waals surface area contributed by atoms with Gasteiger partial charge in [-0.2, -0.15) is 4.98 Å². The zero-order valence-corrected chi connectivity index (χ0v) is 11.1. The van der Waals surface area contributed by atoms with Crippen LogP contribution in [0, 0.1) is 0 Å². The first-order valence-corrected chi connectivity index (χ1v) is 6.82. The van der Waals surface area contributed by atoms with Gasteiger partial charge in [0.1, 0.15) is 5.82 Å².